The molecule has 0 heterocycles. The van der Waals surface area contributed by atoms with Crippen molar-refractivity contribution in [1.29, 1.82) is 0 Å². The third-order valence-corrected chi connectivity index (χ3v) is 7.74. The smallest absolute Gasteiger partial charge is 0.394 e. The average molecular weight is 566 g/mol. The van der Waals surface area contributed by atoms with E-state index in [-0.39, 0.29) is 20.8 Å². The molecule has 0 amide bonds. The summed E-state index contributed by atoms with van der Waals surface area (Å²) in [5.41, 5.74) is -6.56. The van der Waals surface area contributed by atoms with Gasteiger partial charge in [0.2, 0.25) is 0 Å². The standard InChI is InChI=1S/C14H15F17O2Si/c1-32-34(3,33-2)14(30,31)13(28,29)12(26,27)11(24,25)10(22,23)9(20,21)7(15,16)5-4-6-8(17,18)19/h4-6H2,1-3H3. The summed E-state index contributed by atoms with van der Waals surface area (Å²) in [5, 5.41) is 0. The molecule has 0 spiro atoms. The highest BCUT2D eigenvalue weighted by molar-refractivity contribution is 6.68. The molecule has 0 saturated carbocycles. The van der Waals surface area contributed by atoms with Crippen molar-refractivity contribution < 1.29 is 83.5 Å². The van der Waals surface area contributed by atoms with Crippen LogP contribution in [0.3, 0.4) is 0 Å². The van der Waals surface area contributed by atoms with Gasteiger partial charge < -0.3 is 8.85 Å². The lowest BCUT2D eigenvalue weighted by atomic mass is 9.89. The predicted molar refractivity (Wildman–Crippen MR) is 80.2 cm³/mol. The van der Waals surface area contributed by atoms with Crippen LogP contribution >= 0.6 is 0 Å². The molecule has 0 unspecified atom stereocenters. The van der Waals surface area contributed by atoms with Crippen LogP contribution in [0.2, 0.25) is 6.55 Å². The molecular weight excluding hydrogens is 551 g/mol. The lowest BCUT2D eigenvalue weighted by molar-refractivity contribution is -0.437. The minimum atomic E-state index is -8.32. The van der Waals surface area contributed by atoms with Crippen LogP contribution in [0.15, 0.2) is 0 Å². The molecule has 0 fully saturated rings. The van der Waals surface area contributed by atoms with Crippen molar-refractivity contribution in [2.24, 2.45) is 0 Å². The van der Waals surface area contributed by atoms with Gasteiger partial charge in [0.25, 0.3) is 0 Å². The second-order valence-electron chi connectivity index (χ2n) is 6.97. The Morgan fingerprint density at radius 1 is 0.500 bits per heavy atom. The first-order chi connectivity index (χ1) is 14.6. The van der Waals surface area contributed by atoms with Crippen LogP contribution in [0.1, 0.15) is 19.3 Å². The van der Waals surface area contributed by atoms with Gasteiger partial charge in [0.15, 0.2) is 0 Å². The quantitative estimate of drug-likeness (QED) is 0.186. The molecule has 0 aliphatic carbocycles. The summed E-state index contributed by atoms with van der Waals surface area (Å²) < 4.78 is 236. The summed E-state index contributed by atoms with van der Waals surface area (Å²) in [6.07, 6.45) is -12.7. The molecule has 20 heteroatoms. The Kier molecular flexibility index (Phi) is 8.83. The van der Waals surface area contributed by atoms with E-state index in [4.69, 9.17) is 0 Å². The zero-order valence-electron chi connectivity index (χ0n) is 16.9. The lowest BCUT2D eigenvalue weighted by Crippen LogP contribution is -2.76. The van der Waals surface area contributed by atoms with E-state index in [2.05, 4.69) is 8.85 Å². The van der Waals surface area contributed by atoms with Gasteiger partial charge in [-0.15, -0.1) is 0 Å². The number of hydrogen-bond donors (Lipinski definition) is 0. The maximum absolute atomic E-state index is 14.0. The Balaban J connectivity index is 6.54. The van der Waals surface area contributed by atoms with Crippen molar-refractivity contribution in [2.75, 3.05) is 14.2 Å². The lowest BCUT2D eigenvalue weighted by Gasteiger charge is -2.44. The SMILES string of the molecule is CO[Si](C)(OC)C(F)(F)C(F)(F)C(F)(F)C(F)(F)C(F)(F)C(F)(F)C(F)(F)CCCC(F)(F)F. The maximum Gasteiger partial charge on any atom is 0.418 e. The summed E-state index contributed by atoms with van der Waals surface area (Å²) in [7, 11) is -5.73. The Hall–Kier alpha value is -1.05. The fourth-order valence-electron chi connectivity index (χ4n) is 2.31. The van der Waals surface area contributed by atoms with Gasteiger partial charge in [-0.25, -0.2) is 0 Å². The largest absolute Gasteiger partial charge is 0.418 e. The van der Waals surface area contributed by atoms with E-state index in [0.29, 0.717) is 0 Å². The molecule has 0 aliphatic rings. The predicted octanol–water partition coefficient (Wildman–Crippen LogP) is 7.07. The molecule has 0 atom stereocenters. The van der Waals surface area contributed by atoms with Crippen molar-refractivity contribution in [3.63, 3.8) is 0 Å². The second kappa shape index (κ2) is 9.11. The first-order valence-corrected chi connectivity index (χ1v) is 10.7. The van der Waals surface area contributed by atoms with Crippen molar-refractivity contribution in [1.82, 2.24) is 0 Å². The van der Waals surface area contributed by atoms with Crippen LogP contribution in [0, 0.1) is 0 Å². The minimum Gasteiger partial charge on any atom is -0.394 e. The Bertz CT molecular complexity index is 699. The molecule has 0 N–H and O–H groups in total. The van der Waals surface area contributed by atoms with E-state index in [9.17, 15) is 74.6 Å². The van der Waals surface area contributed by atoms with Gasteiger partial charge in [-0.1, -0.05) is 0 Å². The highest BCUT2D eigenvalue weighted by atomic mass is 28.4. The van der Waals surface area contributed by atoms with Crippen molar-refractivity contribution in [3.8, 4) is 0 Å². The van der Waals surface area contributed by atoms with Gasteiger partial charge in [-0.3, -0.25) is 0 Å². The van der Waals surface area contributed by atoms with Crippen LogP contribution in [-0.2, 0) is 8.85 Å². The van der Waals surface area contributed by atoms with E-state index < -0.39 is 75.1 Å². The van der Waals surface area contributed by atoms with E-state index in [1.54, 1.807) is 0 Å². The van der Waals surface area contributed by atoms with E-state index >= 15 is 0 Å². The molecule has 0 aromatic carbocycles. The molecule has 0 aromatic heterocycles. The van der Waals surface area contributed by atoms with Gasteiger partial charge in [0, 0.05) is 27.1 Å². The fraction of sp³-hybridized carbons (Fsp3) is 1.00. The van der Waals surface area contributed by atoms with Gasteiger partial charge >= 0.3 is 55.8 Å². The highest BCUT2D eigenvalue weighted by Crippen LogP contribution is 2.63. The summed E-state index contributed by atoms with van der Waals surface area (Å²) in [6, 6.07) is 0. The summed E-state index contributed by atoms with van der Waals surface area (Å²) in [4.78, 5) is 0. The van der Waals surface area contributed by atoms with Gasteiger partial charge in [0.05, 0.1) is 0 Å². The summed E-state index contributed by atoms with van der Waals surface area (Å²) >= 11 is 0. The fourth-order valence-corrected chi connectivity index (χ4v) is 3.72. The maximum atomic E-state index is 14.0. The van der Waals surface area contributed by atoms with E-state index in [1.165, 1.54) is 0 Å². The van der Waals surface area contributed by atoms with Gasteiger partial charge in [-0.05, 0) is 13.0 Å². The van der Waals surface area contributed by atoms with Gasteiger partial charge in [-0.2, -0.15) is 74.6 Å². The molecule has 2 nitrogen and oxygen atoms in total. The third kappa shape index (κ3) is 4.81. The molecule has 0 aliphatic heterocycles. The Morgan fingerprint density at radius 3 is 1.15 bits per heavy atom. The van der Waals surface area contributed by atoms with Crippen LogP contribution in [0.5, 0.6) is 0 Å². The number of hydrogen-bond acceptors (Lipinski definition) is 2. The summed E-state index contributed by atoms with van der Waals surface area (Å²) in [6.45, 7) is -0.128. The Labute approximate surface area is 180 Å². The molecule has 34 heavy (non-hydrogen) atoms. The first-order valence-electron chi connectivity index (χ1n) is 8.39. The van der Waals surface area contributed by atoms with Gasteiger partial charge in [0.1, 0.15) is 0 Å². The number of alkyl halides is 17. The topological polar surface area (TPSA) is 18.5 Å². The zero-order chi connectivity index (χ0) is 28.0. The van der Waals surface area contributed by atoms with Crippen molar-refractivity contribution in [3.05, 3.63) is 0 Å². The summed E-state index contributed by atoms with van der Waals surface area (Å²) in [5.74, 6) is -46.7. The first kappa shape index (κ1) is 32.9. The molecule has 0 bridgehead atoms. The molecule has 206 valence electrons. The molecule has 0 radical (unpaired) electrons. The monoisotopic (exact) mass is 566 g/mol. The average Bonchev–Trinajstić information content (AvgIpc) is 2.64. The normalized spacial score (nSPS) is 16.2. The zero-order valence-corrected chi connectivity index (χ0v) is 17.9. The minimum absolute atomic E-state index is 0.128. The van der Waals surface area contributed by atoms with Crippen LogP contribution < -0.4 is 0 Å². The number of halogens is 17. The molecular formula is C14H15F17O2Si. The van der Waals surface area contributed by atoms with E-state index in [1.807, 2.05) is 0 Å². The van der Waals surface area contributed by atoms with Crippen LogP contribution in [0.4, 0.5) is 74.6 Å². The van der Waals surface area contributed by atoms with Crippen molar-refractivity contribution >= 4 is 8.56 Å². The van der Waals surface area contributed by atoms with Crippen LogP contribution in [-0.4, -0.2) is 70.0 Å². The van der Waals surface area contributed by atoms with Crippen LogP contribution in [0.25, 0.3) is 0 Å². The number of rotatable bonds is 12. The second-order valence-corrected chi connectivity index (χ2v) is 10.3. The van der Waals surface area contributed by atoms with Crippen molar-refractivity contribution in [2.45, 2.75) is 73.1 Å². The molecule has 0 aromatic rings. The van der Waals surface area contributed by atoms with E-state index in [0.717, 1.165) is 0 Å². The third-order valence-electron chi connectivity index (χ3n) is 4.73. The Morgan fingerprint density at radius 2 is 0.824 bits per heavy atom. The molecule has 0 saturated heterocycles. The highest BCUT2D eigenvalue weighted by Gasteiger charge is 2.94. The molecule has 0 rings (SSSR count).